The molecule has 0 aliphatic rings. The van der Waals surface area contributed by atoms with E-state index in [0.29, 0.717) is 5.56 Å². The monoisotopic (exact) mass is 430 g/mol. The number of amides is 1. The Labute approximate surface area is 174 Å². The Morgan fingerprint density at radius 1 is 1.10 bits per heavy atom. The number of anilines is 1. The van der Waals surface area contributed by atoms with Gasteiger partial charge >= 0.3 is 0 Å². The minimum Gasteiger partial charge on any atom is -0.296 e. The lowest BCUT2D eigenvalue weighted by molar-refractivity contribution is 0.102. The molecule has 3 rings (SSSR count). The van der Waals surface area contributed by atoms with Gasteiger partial charge in [0.05, 0.1) is 0 Å². The molecule has 0 spiro atoms. The molecular formula is C20H22N4O3S2. The molecule has 1 amide bonds. The number of rotatable bonds is 7. The van der Waals surface area contributed by atoms with Crippen LogP contribution >= 0.6 is 11.3 Å². The molecule has 0 radical (unpaired) electrons. The van der Waals surface area contributed by atoms with Crippen LogP contribution in [0.15, 0.2) is 52.9 Å². The van der Waals surface area contributed by atoms with Crippen molar-refractivity contribution >= 4 is 32.4 Å². The molecule has 2 aromatic carbocycles. The maximum Gasteiger partial charge on any atom is 0.270 e. The molecule has 7 nitrogen and oxygen atoms in total. The van der Waals surface area contributed by atoms with Crippen LogP contribution in [0.5, 0.6) is 0 Å². The molecule has 0 saturated heterocycles. The highest BCUT2D eigenvalue weighted by Crippen LogP contribution is 2.23. The molecule has 0 saturated carbocycles. The van der Waals surface area contributed by atoms with Gasteiger partial charge in [-0.3, -0.25) is 10.1 Å². The number of benzene rings is 2. The third-order valence-electron chi connectivity index (χ3n) is 4.47. The van der Waals surface area contributed by atoms with Gasteiger partial charge in [-0.1, -0.05) is 60.7 Å². The van der Waals surface area contributed by atoms with E-state index in [0.717, 1.165) is 28.9 Å². The zero-order valence-electron chi connectivity index (χ0n) is 16.3. The van der Waals surface area contributed by atoms with Crippen LogP contribution < -0.4 is 10.0 Å². The zero-order chi connectivity index (χ0) is 21.0. The number of aryl methyl sites for hydroxylation is 2. The molecule has 1 heterocycles. The summed E-state index contributed by atoms with van der Waals surface area (Å²) in [6.07, 6.45) is 0.919. The minimum atomic E-state index is -3.87. The Morgan fingerprint density at radius 2 is 1.79 bits per heavy atom. The van der Waals surface area contributed by atoms with Crippen LogP contribution in [0.3, 0.4) is 0 Å². The second-order valence-electron chi connectivity index (χ2n) is 6.58. The van der Waals surface area contributed by atoms with Gasteiger partial charge < -0.3 is 0 Å². The van der Waals surface area contributed by atoms with Gasteiger partial charge in [0.2, 0.25) is 9.47 Å². The van der Waals surface area contributed by atoms with Crippen molar-refractivity contribution in [2.75, 3.05) is 5.32 Å². The van der Waals surface area contributed by atoms with Crippen LogP contribution in [0.2, 0.25) is 0 Å². The van der Waals surface area contributed by atoms with Gasteiger partial charge in [0.1, 0.15) is 0 Å². The Hall–Kier alpha value is -2.62. The molecule has 0 unspecified atom stereocenters. The molecule has 3 aromatic rings. The highest BCUT2D eigenvalue weighted by molar-refractivity contribution is 7.91. The molecular weight excluding hydrogens is 408 g/mol. The first-order valence-electron chi connectivity index (χ1n) is 9.12. The highest BCUT2D eigenvalue weighted by Gasteiger charge is 2.24. The number of nitrogens with one attached hydrogen (secondary N) is 2. The van der Waals surface area contributed by atoms with Crippen LogP contribution in [-0.4, -0.2) is 24.5 Å². The van der Waals surface area contributed by atoms with E-state index in [1.165, 1.54) is 5.56 Å². The molecule has 0 aliphatic heterocycles. The number of hydrogen-bond donors (Lipinski definition) is 2. The van der Waals surface area contributed by atoms with Gasteiger partial charge in [-0.15, -0.1) is 10.2 Å². The fourth-order valence-electron chi connectivity index (χ4n) is 2.75. The average Bonchev–Trinajstić information content (AvgIpc) is 3.17. The fraction of sp³-hybridized carbons (Fsp3) is 0.250. The second-order valence-corrected chi connectivity index (χ2v) is 9.45. The number of hydrogen-bond acceptors (Lipinski definition) is 6. The van der Waals surface area contributed by atoms with E-state index in [4.69, 9.17) is 0 Å². The van der Waals surface area contributed by atoms with Crippen LogP contribution in [0.1, 0.15) is 46.9 Å². The maximum absolute atomic E-state index is 12.6. The molecule has 152 valence electrons. The van der Waals surface area contributed by atoms with Crippen molar-refractivity contribution in [3.8, 4) is 0 Å². The highest BCUT2D eigenvalue weighted by atomic mass is 32.2. The molecule has 1 atom stereocenters. The zero-order valence-corrected chi connectivity index (χ0v) is 18.0. The topological polar surface area (TPSA) is 101 Å². The molecule has 9 heteroatoms. The minimum absolute atomic E-state index is 0.124. The first kappa shape index (κ1) is 21.1. The summed E-state index contributed by atoms with van der Waals surface area (Å²) in [5.74, 6) is -0.361. The Morgan fingerprint density at radius 3 is 2.45 bits per heavy atom. The maximum atomic E-state index is 12.6. The number of carbonyl (C=O) groups is 1. The van der Waals surface area contributed by atoms with Gasteiger partial charge in [-0.25, -0.2) is 13.1 Å². The van der Waals surface area contributed by atoms with Crippen molar-refractivity contribution in [3.05, 3.63) is 70.8 Å². The van der Waals surface area contributed by atoms with E-state index < -0.39 is 16.1 Å². The summed E-state index contributed by atoms with van der Waals surface area (Å²) in [7, 11) is -3.87. The lowest BCUT2D eigenvalue weighted by Crippen LogP contribution is -2.26. The molecule has 2 N–H and O–H groups in total. The quantitative estimate of drug-likeness (QED) is 0.557. The van der Waals surface area contributed by atoms with Crippen molar-refractivity contribution in [2.45, 2.75) is 37.6 Å². The van der Waals surface area contributed by atoms with Crippen molar-refractivity contribution in [3.63, 3.8) is 0 Å². The van der Waals surface area contributed by atoms with Crippen LogP contribution in [0.25, 0.3) is 0 Å². The SMILES string of the molecule is CCc1ccc([C@H](C)NS(=O)(=O)c2nnc(NC(=O)c3ccccc3C)s2)cc1. The first-order valence-corrected chi connectivity index (χ1v) is 11.4. The Balaban J connectivity index is 1.71. The molecule has 1 aromatic heterocycles. The van der Waals surface area contributed by atoms with Crippen molar-refractivity contribution in [2.24, 2.45) is 0 Å². The van der Waals surface area contributed by atoms with Crippen molar-refractivity contribution < 1.29 is 13.2 Å². The molecule has 29 heavy (non-hydrogen) atoms. The van der Waals surface area contributed by atoms with Crippen molar-refractivity contribution in [1.82, 2.24) is 14.9 Å². The van der Waals surface area contributed by atoms with Crippen LogP contribution in [0.4, 0.5) is 5.13 Å². The van der Waals surface area contributed by atoms with Crippen LogP contribution in [-0.2, 0) is 16.4 Å². The van der Waals surface area contributed by atoms with Crippen molar-refractivity contribution in [1.29, 1.82) is 0 Å². The predicted octanol–water partition coefficient (Wildman–Crippen LogP) is 3.70. The molecule has 0 bridgehead atoms. The Kier molecular flexibility index (Phi) is 6.41. The summed E-state index contributed by atoms with van der Waals surface area (Å²) < 4.78 is 27.7. The van der Waals surface area contributed by atoms with E-state index in [1.807, 2.05) is 43.3 Å². The summed E-state index contributed by atoms with van der Waals surface area (Å²) >= 11 is 0.807. The van der Waals surface area contributed by atoms with E-state index in [-0.39, 0.29) is 15.4 Å². The van der Waals surface area contributed by atoms with Gasteiger partial charge in [0, 0.05) is 11.6 Å². The summed E-state index contributed by atoms with van der Waals surface area (Å²) in [4.78, 5) is 12.4. The summed E-state index contributed by atoms with van der Waals surface area (Å²) in [5.41, 5.74) is 3.34. The van der Waals surface area contributed by atoms with Gasteiger partial charge in [0.15, 0.2) is 0 Å². The fourth-order valence-corrected chi connectivity index (χ4v) is 4.90. The third-order valence-corrected chi connectivity index (χ3v) is 7.21. The number of sulfonamides is 1. The summed E-state index contributed by atoms with van der Waals surface area (Å²) in [6, 6.07) is 14.4. The smallest absolute Gasteiger partial charge is 0.270 e. The predicted molar refractivity (Wildman–Crippen MR) is 114 cm³/mol. The molecule has 0 fully saturated rings. The second kappa shape index (κ2) is 8.81. The van der Waals surface area contributed by atoms with Gasteiger partial charge in [0.25, 0.3) is 15.9 Å². The normalized spacial score (nSPS) is 12.5. The lowest BCUT2D eigenvalue weighted by atomic mass is 10.1. The average molecular weight is 431 g/mol. The standard InChI is InChI=1S/C20H22N4O3S2/c1-4-15-9-11-16(12-10-15)14(3)24-29(26,27)20-23-22-19(28-20)21-18(25)17-8-6-5-7-13(17)2/h5-12,14,24H,4H2,1-3H3,(H,21,22,25)/t14-/m0/s1. The summed E-state index contributed by atoms with van der Waals surface area (Å²) in [6.45, 7) is 5.65. The summed E-state index contributed by atoms with van der Waals surface area (Å²) in [5, 5.41) is 10.3. The van der Waals surface area contributed by atoms with E-state index in [9.17, 15) is 13.2 Å². The van der Waals surface area contributed by atoms with E-state index in [2.05, 4.69) is 27.2 Å². The number of aromatic nitrogens is 2. The number of carbonyl (C=O) groups excluding carboxylic acids is 1. The van der Waals surface area contributed by atoms with Crippen LogP contribution in [0, 0.1) is 6.92 Å². The van der Waals surface area contributed by atoms with Gasteiger partial charge in [-0.2, -0.15) is 0 Å². The lowest BCUT2D eigenvalue weighted by Gasteiger charge is -2.13. The van der Waals surface area contributed by atoms with E-state index >= 15 is 0 Å². The molecule has 0 aliphatic carbocycles. The first-order chi connectivity index (χ1) is 13.8. The largest absolute Gasteiger partial charge is 0.296 e. The number of nitrogens with zero attached hydrogens (tertiary/aromatic N) is 2. The third kappa shape index (κ3) is 5.06. The van der Waals surface area contributed by atoms with E-state index in [1.54, 1.807) is 19.1 Å². The Bertz CT molecular complexity index is 1110. The van der Waals surface area contributed by atoms with Gasteiger partial charge in [-0.05, 0) is 43.0 Å².